The van der Waals surface area contributed by atoms with E-state index < -0.39 is 0 Å². The number of nitrogens with zero attached hydrogens (tertiary/aromatic N) is 2. The molecule has 14 rings (SSSR count). The summed E-state index contributed by atoms with van der Waals surface area (Å²) in [6.45, 7) is 0. The smallest absolute Gasteiger partial charge is 0.0562 e. The van der Waals surface area contributed by atoms with Crippen molar-refractivity contribution in [2.24, 2.45) is 0 Å². The Kier molecular flexibility index (Phi) is 7.30. The predicted octanol–water partition coefficient (Wildman–Crippen LogP) is 17.5. The van der Waals surface area contributed by atoms with Crippen LogP contribution in [0.4, 0.5) is 17.1 Å². The van der Waals surface area contributed by atoms with Gasteiger partial charge in [-0.15, -0.1) is 11.3 Å². The molecule has 0 saturated carbocycles. The summed E-state index contributed by atoms with van der Waals surface area (Å²) < 4.78 is 5.10. The van der Waals surface area contributed by atoms with Crippen LogP contribution in [0.15, 0.2) is 218 Å². The maximum atomic E-state index is 2.52. The van der Waals surface area contributed by atoms with Crippen molar-refractivity contribution >= 4 is 135 Å². The molecule has 0 N–H and O–H groups in total. The fourth-order valence-corrected chi connectivity index (χ4v) is 11.8. The lowest BCUT2D eigenvalue weighted by Gasteiger charge is -2.27. The van der Waals surface area contributed by atoms with Gasteiger partial charge in [0.25, 0.3) is 0 Å². The number of fused-ring (bicyclic) bond motifs is 16. The van der Waals surface area contributed by atoms with Gasteiger partial charge < -0.3 is 9.47 Å². The highest BCUT2D eigenvalue weighted by atomic mass is 32.1. The van der Waals surface area contributed by atoms with Gasteiger partial charge in [-0.05, 0) is 131 Å². The Balaban J connectivity index is 1.10. The lowest BCUT2D eigenvalue weighted by Crippen LogP contribution is -2.10. The second-order valence-corrected chi connectivity index (χ2v) is 17.9. The topological polar surface area (TPSA) is 8.17 Å². The average molecular weight is 817 g/mol. The van der Waals surface area contributed by atoms with E-state index in [2.05, 4.69) is 228 Å². The summed E-state index contributed by atoms with van der Waals surface area (Å²) in [5.41, 5.74) is 6.89. The molecule has 2 nitrogen and oxygen atoms in total. The van der Waals surface area contributed by atoms with E-state index in [1.807, 2.05) is 11.3 Å². The molecule has 14 aromatic rings. The third-order valence-corrected chi connectivity index (χ3v) is 14.7. The van der Waals surface area contributed by atoms with Crippen LogP contribution in [0.3, 0.4) is 0 Å². The van der Waals surface area contributed by atoms with Crippen molar-refractivity contribution in [1.82, 2.24) is 4.57 Å². The second kappa shape index (κ2) is 13.3. The van der Waals surface area contributed by atoms with Gasteiger partial charge in [-0.1, -0.05) is 152 Å². The van der Waals surface area contributed by atoms with Crippen LogP contribution in [0.25, 0.3) is 112 Å². The van der Waals surface area contributed by atoms with Crippen molar-refractivity contribution in [2.75, 3.05) is 4.90 Å². The van der Waals surface area contributed by atoms with Crippen LogP contribution in [0.2, 0.25) is 0 Å². The van der Waals surface area contributed by atoms with Crippen molar-refractivity contribution in [3.63, 3.8) is 0 Å². The molecule has 0 atom stereocenters. The molecule has 292 valence electrons. The van der Waals surface area contributed by atoms with Crippen LogP contribution < -0.4 is 4.90 Å². The average Bonchev–Trinajstić information content (AvgIpc) is 3.89. The van der Waals surface area contributed by atoms with E-state index >= 15 is 0 Å². The summed E-state index contributed by atoms with van der Waals surface area (Å²) in [7, 11) is 0. The van der Waals surface area contributed by atoms with E-state index in [0.29, 0.717) is 0 Å². The molecule has 0 unspecified atom stereocenters. The van der Waals surface area contributed by atoms with E-state index in [0.717, 1.165) is 22.7 Å². The van der Waals surface area contributed by atoms with Gasteiger partial charge in [-0.3, -0.25) is 0 Å². The Morgan fingerprint density at radius 1 is 0.317 bits per heavy atom. The fourth-order valence-electron chi connectivity index (χ4n) is 10.6. The summed E-state index contributed by atoms with van der Waals surface area (Å²) >= 11 is 1.89. The third-order valence-electron chi connectivity index (χ3n) is 13.5. The number of hydrogen-bond acceptors (Lipinski definition) is 2. The minimum absolute atomic E-state index is 1.12. The highest BCUT2D eigenvalue weighted by Crippen LogP contribution is 2.48. The largest absolute Gasteiger partial charge is 0.310 e. The molecule has 0 spiro atoms. The third kappa shape index (κ3) is 5.12. The van der Waals surface area contributed by atoms with Gasteiger partial charge in [0.1, 0.15) is 0 Å². The van der Waals surface area contributed by atoms with Gasteiger partial charge in [-0.2, -0.15) is 0 Å². The minimum Gasteiger partial charge on any atom is -0.310 e. The molecule has 0 aliphatic rings. The monoisotopic (exact) mass is 816 g/mol. The fraction of sp³-hybridized carbons (Fsp3) is 0. The van der Waals surface area contributed by atoms with Crippen LogP contribution >= 0.6 is 11.3 Å². The minimum atomic E-state index is 1.12. The van der Waals surface area contributed by atoms with Crippen molar-refractivity contribution in [3.05, 3.63) is 218 Å². The van der Waals surface area contributed by atoms with Crippen LogP contribution in [0, 0.1) is 0 Å². The Morgan fingerprint density at radius 3 is 1.62 bits per heavy atom. The van der Waals surface area contributed by atoms with Crippen molar-refractivity contribution in [1.29, 1.82) is 0 Å². The second-order valence-electron chi connectivity index (χ2n) is 16.9. The molecule has 3 heteroatoms. The molecule has 0 amide bonds. The standard InChI is InChI=1S/C60H36N2S/c1-2-14-39-32-42(26-24-37(39)12-1)62-56-23-11-22-55(59(56)54-33-40-15-3-4-16-41(40)34-57(54)62)61(44-28-31-58-53(36-44)51-29-25-38-13-5-6-17-45(38)60(51)63-58)43-27-30-50-48-20-8-7-18-46(48)47-19-9-10-21-49(47)52(50)35-43/h1-36H. The molecule has 0 saturated heterocycles. The Labute approximate surface area is 366 Å². The number of rotatable bonds is 4. The van der Waals surface area contributed by atoms with Crippen LogP contribution in [0.1, 0.15) is 0 Å². The lowest BCUT2D eigenvalue weighted by molar-refractivity contribution is 1.19. The molecular weight excluding hydrogens is 781 g/mol. The van der Waals surface area contributed by atoms with Crippen LogP contribution in [-0.2, 0) is 0 Å². The highest BCUT2D eigenvalue weighted by molar-refractivity contribution is 7.26. The first-order valence-corrected chi connectivity index (χ1v) is 22.5. The molecule has 0 aliphatic heterocycles. The molecule has 2 aromatic heterocycles. The molecule has 2 heterocycles. The first-order valence-electron chi connectivity index (χ1n) is 21.7. The number of benzene rings is 12. The zero-order valence-corrected chi connectivity index (χ0v) is 34.9. The van der Waals surface area contributed by atoms with Crippen molar-refractivity contribution in [2.45, 2.75) is 0 Å². The molecule has 63 heavy (non-hydrogen) atoms. The van der Waals surface area contributed by atoms with E-state index in [9.17, 15) is 0 Å². The normalized spacial score (nSPS) is 12.1. The van der Waals surface area contributed by atoms with Crippen LogP contribution in [0.5, 0.6) is 0 Å². The number of anilines is 3. The van der Waals surface area contributed by atoms with Gasteiger partial charge in [0.15, 0.2) is 0 Å². The molecular formula is C60H36N2S. The number of hydrogen-bond donors (Lipinski definition) is 0. The zero-order chi connectivity index (χ0) is 41.2. The van der Waals surface area contributed by atoms with E-state index in [-0.39, 0.29) is 0 Å². The van der Waals surface area contributed by atoms with Crippen molar-refractivity contribution in [3.8, 4) is 5.69 Å². The first-order chi connectivity index (χ1) is 31.2. The summed E-state index contributed by atoms with van der Waals surface area (Å²) in [4.78, 5) is 2.52. The summed E-state index contributed by atoms with van der Waals surface area (Å²) in [5.74, 6) is 0. The van der Waals surface area contributed by atoms with E-state index in [4.69, 9.17) is 0 Å². The molecule has 0 radical (unpaired) electrons. The van der Waals surface area contributed by atoms with Gasteiger partial charge in [0, 0.05) is 48.0 Å². The van der Waals surface area contributed by atoms with Crippen LogP contribution in [-0.4, -0.2) is 4.57 Å². The highest BCUT2D eigenvalue weighted by Gasteiger charge is 2.23. The Hall–Kier alpha value is -7.98. The summed E-state index contributed by atoms with van der Waals surface area (Å²) in [5, 5.41) is 20.1. The number of aromatic nitrogens is 1. The summed E-state index contributed by atoms with van der Waals surface area (Å²) in [6, 6.07) is 81.3. The SMILES string of the molecule is c1ccc2cc(-n3c4cc5ccccc5cc4c4c(N(c5ccc6sc7c8ccccc8ccc7c6c5)c5ccc6c7ccccc7c7ccccc7c6c5)cccc43)ccc2c1. The molecule has 12 aromatic carbocycles. The van der Waals surface area contributed by atoms with E-state index in [1.54, 1.807) is 0 Å². The maximum Gasteiger partial charge on any atom is 0.0562 e. The summed E-state index contributed by atoms with van der Waals surface area (Å²) in [6.07, 6.45) is 0. The van der Waals surface area contributed by atoms with E-state index in [1.165, 1.54) is 107 Å². The van der Waals surface area contributed by atoms with Gasteiger partial charge in [0.2, 0.25) is 0 Å². The molecule has 0 fully saturated rings. The van der Waals surface area contributed by atoms with Gasteiger partial charge in [0.05, 0.1) is 16.7 Å². The van der Waals surface area contributed by atoms with Crippen molar-refractivity contribution < 1.29 is 0 Å². The molecule has 0 aliphatic carbocycles. The Morgan fingerprint density at radius 2 is 0.873 bits per heavy atom. The maximum absolute atomic E-state index is 2.52. The quantitative estimate of drug-likeness (QED) is 0.161. The Bertz CT molecular complexity index is 4190. The first kappa shape index (κ1) is 34.7. The van der Waals surface area contributed by atoms with Gasteiger partial charge in [-0.25, -0.2) is 0 Å². The predicted molar refractivity (Wildman–Crippen MR) is 273 cm³/mol. The lowest BCUT2D eigenvalue weighted by atomic mass is 9.94. The van der Waals surface area contributed by atoms with Gasteiger partial charge >= 0.3 is 0 Å². The number of thiophene rings is 1. The molecule has 0 bridgehead atoms. The zero-order valence-electron chi connectivity index (χ0n) is 34.1.